The van der Waals surface area contributed by atoms with Gasteiger partial charge < -0.3 is 15.5 Å². The van der Waals surface area contributed by atoms with Gasteiger partial charge in [-0.1, -0.05) is 18.2 Å². The summed E-state index contributed by atoms with van der Waals surface area (Å²) >= 11 is 0. The van der Waals surface area contributed by atoms with Gasteiger partial charge in [0.05, 0.1) is 6.10 Å². The molecule has 1 heterocycles. The number of nitrogens with zero attached hydrogens (tertiary/aromatic N) is 1. The Balaban J connectivity index is 1.93. The van der Waals surface area contributed by atoms with Gasteiger partial charge in [0.25, 0.3) is 0 Å². The Morgan fingerprint density at radius 1 is 1.17 bits per heavy atom. The number of aryl methyl sites for hydroxylation is 1. The summed E-state index contributed by atoms with van der Waals surface area (Å²) in [6.07, 6.45) is 1.14. The summed E-state index contributed by atoms with van der Waals surface area (Å²) in [5.74, 6) is 0.928. The SMILES string of the molecule is Cc1ccc(NCC(O)c2ccc(O)cc2)nc1. The van der Waals surface area contributed by atoms with E-state index in [1.54, 1.807) is 30.5 Å². The van der Waals surface area contributed by atoms with Crippen molar-refractivity contribution in [1.82, 2.24) is 4.98 Å². The van der Waals surface area contributed by atoms with Crippen LogP contribution < -0.4 is 5.32 Å². The standard InChI is InChI=1S/C14H16N2O2/c1-10-2-7-14(15-8-10)16-9-13(18)11-3-5-12(17)6-4-11/h2-8,13,17-18H,9H2,1H3,(H,15,16). The number of benzene rings is 1. The maximum absolute atomic E-state index is 9.96. The van der Waals surface area contributed by atoms with Gasteiger partial charge in [0, 0.05) is 12.7 Å². The Hall–Kier alpha value is -2.07. The molecule has 3 N–H and O–H groups in total. The third kappa shape index (κ3) is 3.21. The van der Waals surface area contributed by atoms with Crippen LogP contribution in [0.5, 0.6) is 5.75 Å². The molecule has 4 heteroatoms. The Morgan fingerprint density at radius 2 is 1.89 bits per heavy atom. The number of aliphatic hydroxyl groups excluding tert-OH is 1. The van der Waals surface area contributed by atoms with Crippen LogP contribution >= 0.6 is 0 Å². The first-order valence-corrected chi connectivity index (χ1v) is 5.78. The fourth-order valence-corrected chi connectivity index (χ4v) is 1.59. The topological polar surface area (TPSA) is 65.4 Å². The highest BCUT2D eigenvalue weighted by Crippen LogP contribution is 2.17. The van der Waals surface area contributed by atoms with Crippen LogP contribution in [-0.2, 0) is 0 Å². The van der Waals surface area contributed by atoms with Gasteiger partial charge >= 0.3 is 0 Å². The molecule has 0 saturated heterocycles. The van der Waals surface area contributed by atoms with Crippen molar-refractivity contribution in [2.45, 2.75) is 13.0 Å². The van der Waals surface area contributed by atoms with Crippen LogP contribution in [0.3, 0.4) is 0 Å². The summed E-state index contributed by atoms with van der Waals surface area (Å²) in [5, 5.41) is 22.2. The van der Waals surface area contributed by atoms with E-state index in [4.69, 9.17) is 5.11 Å². The Morgan fingerprint density at radius 3 is 2.50 bits per heavy atom. The van der Waals surface area contributed by atoms with Crippen LogP contribution in [0.15, 0.2) is 42.6 Å². The number of phenolic OH excluding ortho intramolecular Hbond substituents is 1. The van der Waals surface area contributed by atoms with E-state index in [0.29, 0.717) is 6.54 Å². The van der Waals surface area contributed by atoms with Crippen molar-refractivity contribution in [2.24, 2.45) is 0 Å². The number of hydrogen-bond donors (Lipinski definition) is 3. The highest BCUT2D eigenvalue weighted by molar-refractivity contribution is 5.36. The summed E-state index contributed by atoms with van der Waals surface area (Å²) in [6, 6.07) is 10.3. The lowest BCUT2D eigenvalue weighted by atomic mass is 10.1. The van der Waals surface area contributed by atoms with Crippen molar-refractivity contribution < 1.29 is 10.2 Å². The summed E-state index contributed by atoms with van der Waals surface area (Å²) in [7, 11) is 0. The smallest absolute Gasteiger partial charge is 0.125 e. The summed E-state index contributed by atoms with van der Waals surface area (Å²) in [4.78, 5) is 4.20. The van der Waals surface area contributed by atoms with Crippen LogP contribution in [0.4, 0.5) is 5.82 Å². The fourth-order valence-electron chi connectivity index (χ4n) is 1.59. The monoisotopic (exact) mass is 244 g/mol. The first kappa shape index (κ1) is 12.4. The third-order valence-electron chi connectivity index (χ3n) is 2.67. The van der Waals surface area contributed by atoms with Crippen molar-refractivity contribution in [3.8, 4) is 5.75 Å². The molecular weight excluding hydrogens is 228 g/mol. The first-order valence-electron chi connectivity index (χ1n) is 5.78. The quantitative estimate of drug-likeness (QED) is 0.771. The highest BCUT2D eigenvalue weighted by Gasteiger charge is 2.07. The lowest BCUT2D eigenvalue weighted by molar-refractivity contribution is 0.191. The molecule has 1 unspecified atom stereocenters. The number of hydrogen-bond acceptors (Lipinski definition) is 4. The van der Waals surface area contributed by atoms with Crippen LogP contribution in [-0.4, -0.2) is 21.7 Å². The number of aliphatic hydroxyl groups is 1. The van der Waals surface area contributed by atoms with Gasteiger partial charge in [-0.15, -0.1) is 0 Å². The van der Waals surface area contributed by atoms with Crippen molar-refractivity contribution in [3.05, 3.63) is 53.7 Å². The Labute approximate surface area is 106 Å². The predicted molar refractivity (Wildman–Crippen MR) is 70.5 cm³/mol. The van der Waals surface area contributed by atoms with Crippen LogP contribution in [0.25, 0.3) is 0 Å². The van der Waals surface area contributed by atoms with Crippen molar-refractivity contribution in [2.75, 3.05) is 11.9 Å². The average molecular weight is 244 g/mol. The minimum atomic E-state index is -0.631. The number of rotatable bonds is 4. The van der Waals surface area contributed by atoms with E-state index in [0.717, 1.165) is 16.9 Å². The average Bonchev–Trinajstić information content (AvgIpc) is 2.38. The van der Waals surface area contributed by atoms with E-state index in [2.05, 4.69) is 10.3 Å². The molecule has 1 aromatic carbocycles. The largest absolute Gasteiger partial charge is 0.508 e. The summed E-state index contributed by atoms with van der Waals surface area (Å²) in [5.41, 5.74) is 1.85. The summed E-state index contributed by atoms with van der Waals surface area (Å²) in [6.45, 7) is 2.35. The second-order valence-electron chi connectivity index (χ2n) is 4.21. The third-order valence-corrected chi connectivity index (χ3v) is 2.67. The van der Waals surface area contributed by atoms with Gasteiger partial charge in [0.15, 0.2) is 0 Å². The van der Waals surface area contributed by atoms with Gasteiger partial charge in [-0.3, -0.25) is 0 Å². The lowest BCUT2D eigenvalue weighted by Gasteiger charge is -2.12. The number of aromatic hydroxyl groups is 1. The van der Waals surface area contributed by atoms with Crippen molar-refractivity contribution in [1.29, 1.82) is 0 Å². The molecule has 0 saturated carbocycles. The molecule has 0 radical (unpaired) electrons. The van der Waals surface area contributed by atoms with Crippen LogP contribution in [0.1, 0.15) is 17.2 Å². The zero-order valence-corrected chi connectivity index (χ0v) is 10.2. The number of aromatic nitrogens is 1. The molecule has 0 aliphatic carbocycles. The normalized spacial score (nSPS) is 12.1. The molecule has 0 amide bonds. The van der Waals surface area contributed by atoms with Gasteiger partial charge in [-0.05, 0) is 36.2 Å². The molecule has 18 heavy (non-hydrogen) atoms. The first-order chi connectivity index (χ1) is 8.65. The van der Waals surface area contributed by atoms with E-state index >= 15 is 0 Å². The molecule has 0 spiro atoms. The second-order valence-corrected chi connectivity index (χ2v) is 4.21. The van der Waals surface area contributed by atoms with Gasteiger partial charge in [-0.2, -0.15) is 0 Å². The van der Waals surface area contributed by atoms with Crippen molar-refractivity contribution in [3.63, 3.8) is 0 Å². The molecule has 0 aliphatic rings. The van der Waals surface area contributed by atoms with E-state index in [-0.39, 0.29) is 5.75 Å². The zero-order valence-electron chi connectivity index (χ0n) is 10.2. The zero-order chi connectivity index (χ0) is 13.0. The second kappa shape index (κ2) is 5.51. The molecule has 0 aliphatic heterocycles. The van der Waals surface area contributed by atoms with Crippen molar-refractivity contribution >= 4 is 5.82 Å². The predicted octanol–water partition coefficient (Wildman–Crippen LogP) is 2.24. The molecule has 0 fully saturated rings. The molecule has 2 rings (SSSR count). The Kier molecular flexibility index (Phi) is 3.79. The number of anilines is 1. The number of pyridine rings is 1. The minimum Gasteiger partial charge on any atom is -0.508 e. The van der Waals surface area contributed by atoms with Gasteiger partial charge in [-0.25, -0.2) is 4.98 Å². The van der Waals surface area contributed by atoms with E-state index in [1.165, 1.54) is 0 Å². The molecule has 2 aromatic rings. The van der Waals surface area contributed by atoms with Crippen LogP contribution in [0, 0.1) is 6.92 Å². The summed E-state index contributed by atoms with van der Waals surface area (Å²) < 4.78 is 0. The molecule has 94 valence electrons. The molecule has 0 bridgehead atoms. The van der Waals surface area contributed by atoms with E-state index < -0.39 is 6.10 Å². The number of phenols is 1. The fraction of sp³-hybridized carbons (Fsp3) is 0.214. The van der Waals surface area contributed by atoms with E-state index in [1.807, 2.05) is 19.1 Å². The van der Waals surface area contributed by atoms with Gasteiger partial charge in [0.2, 0.25) is 0 Å². The molecule has 1 aromatic heterocycles. The van der Waals surface area contributed by atoms with E-state index in [9.17, 15) is 5.11 Å². The highest BCUT2D eigenvalue weighted by atomic mass is 16.3. The van der Waals surface area contributed by atoms with Crippen LogP contribution in [0.2, 0.25) is 0 Å². The maximum atomic E-state index is 9.96. The minimum absolute atomic E-state index is 0.194. The lowest BCUT2D eigenvalue weighted by Crippen LogP contribution is -2.12. The maximum Gasteiger partial charge on any atom is 0.125 e. The molecular formula is C14H16N2O2. The number of nitrogens with one attached hydrogen (secondary N) is 1. The van der Waals surface area contributed by atoms with Gasteiger partial charge in [0.1, 0.15) is 11.6 Å². The molecule has 4 nitrogen and oxygen atoms in total. The Bertz CT molecular complexity index is 494. The molecule has 1 atom stereocenters.